The average Bonchev–Trinajstić information content (AvgIpc) is 3.58. The van der Waals surface area contributed by atoms with Crippen molar-refractivity contribution in [1.29, 1.82) is 0 Å². The zero-order chi connectivity index (χ0) is 38.3. The van der Waals surface area contributed by atoms with Crippen molar-refractivity contribution in [2.75, 3.05) is 24.7 Å². The van der Waals surface area contributed by atoms with Crippen molar-refractivity contribution in [2.24, 2.45) is 5.16 Å². The van der Waals surface area contributed by atoms with Crippen LogP contribution < -0.4 is 16.0 Å². The first-order valence-corrected chi connectivity index (χ1v) is 17.8. The molecule has 2 aliphatic rings. The molecule has 2 aromatic carbocycles. The molecular weight excluding hydrogens is 731 g/mol. The van der Waals surface area contributed by atoms with Gasteiger partial charge in [-0.05, 0) is 31.9 Å². The number of hydrogen-bond donors (Lipinski definition) is 3. The van der Waals surface area contributed by atoms with Gasteiger partial charge in [-0.15, -0.1) is 11.8 Å². The molecule has 3 N–H and O–H groups in total. The van der Waals surface area contributed by atoms with Gasteiger partial charge >= 0.3 is 24.1 Å². The molecule has 0 radical (unpaired) electrons. The number of fused-ring (bicyclic) bond motifs is 1. The fraction of sp³-hybridized carbons (Fsp3) is 0.324. The first-order valence-electron chi connectivity index (χ1n) is 16.0. The summed E-state index contributed by atoms with van der Waals surface area (Å²) >= 11 is 1.91. The second-order valence-corrected chi connectivity index (χ2v) is 14.2. The van der Waals surface area contributed by atoms with Crippen LogP contribution in [0, 0.1) is 0 Å². The number of oxime groups is 1. The summed E-state index contributed by atoms with van der Waals surface area (Å²) in [7, 11) is 1.27. The minimum atomic E-state index is -1.19. The number of anilines is 1. The highest BCUT2D eigenvalue weighted by Crippen LogP contribution is 2.42. The molecule has 1 aromatic heterocycles. The van der Waals surface area contributed by atoms with Gasteiger partial charge in [0.2, 0.25) is 16.7 Å². The van der Waals surface area contributed by atoms with Gasteiger partial charge in [-0.25, -0.2) is 14.4 Å². The number of nitrogens with one attached hydrogen (secondary N) is 3. The molecule has 0 unspecified atom stereocenters. The van der Waals surface area contributed by atoms with Crippen molar-refractivity contribution in [3.05, 3.63) is 88.9 Å². The molecule has 5 rings (SSSR count). The van der Waals surface area contributed by atoms with E-state index in [1.54, 1.807) is 69.3 Å². The van der Waals surface area contributed by atoms with E-state index < -0.39 is 64.8 Å². The fourth-order valence-corrected chi connectivity index (χ4v) is 6.89. The van der Waals surface area contributed by atoms with Crippen LogP contribution in [0.4, 0.5) is 14.7 Å². The van der Waals surface area contributed by atoms with E-state index in [9.17, 15) is 28.8 Å². The summed E-state index contributed by atoms with van der Waals surface area (Å²) in [4.78, 5) is 87.3. The molecule has 2 atom stereocenters. The molecule has 3 heterocycles. The predicted octanol–water partition coefficient (Wildman–Crippen LogP) is 3.50. The van der Waals surface area contributed by atoms with Gasteiger partial charge in [0.1, 0.15) is 29.3 Å². The first kappa shape index (κ1) is 38.4. The minimum Gasteiger partial charge on any atom is -0.461 e. The van der Waals surface area contributed by atoms with Gasteiger partial charge in [0, 0.05) is 36.8 Å². The molecular formula is C34H35N7O10S2. The normalized spacial score (nSPS) is 16.9. The molecule has 278 valence electrons. The Kier molecular flexibility index (Phi) is 12.1. The van der Waals surface area contributed by atoms with Crippen LogP contribution in [0.3, 0.4) is 0 Å². The molecule has 0 saturated carbocycles. The molecule has 0 spiro atoms. The molecule has 1 fully saturated rings. The topological polar surface area (TPSA) is 217 Å². The first-order chi connectivity index (χ1) is 25.3. The number of esters is 2. The number of aromatic nitrogens is 2. The lowest BCUT2D eigenvalue weighted by Crippen LogP contribution is -2.71. The molecule has 0 aliphatic carbocycles. The Morgan fingerprint density at radius 2 is 1.64 bits per heavy atom. The van der Waals surface area contributed by atoms with Crippen LogP contribution in [0.25, 0.3) is 0 Å². The van der Waals surface area contributed by atoms with Gasteiger partial charge in [-0.2, -0.15) is 9.36 Å². The smallest absolute Gasteiger partial charge is 0.433 e. The van der Waals surface area contributed by atoms with Crippen LogP contribution in [-0.2, 0) is 38.2 Å². The molecule has 2 aliphatic heterocycles. The van der Waals surface area contributed by atoms with E-state index in [0.717, 1.165) is 0 Å². The predicted molar refractivity (Wildman–Crippen MR) is 191 cm³/mol. The second-order valence-electron chi connectivity index (χ2n) is 12.3. The number of carbonyl (C=O) groups is 6. The monoisotopic (exact) mass is 765 g/mol. The zero-order valence-electron chi connectivity index (χ0n) is 29.1. The number of hydrogen-bond acceptors (Lipinski definition) is 15. The van der Waals surface area contributed by atoms with E-state index in [-0.39, 0.29) is 29.0 Å². The Morgan fingerprint density at radius 1 is 1.00 bits per heavy atom. The van der Waals surface area contributed by atoms with E-state index in [4.69, 9.17) is 19.0 Å². The summed E-state index contributed by atoms with van der Waals surface area (Å²) in [5, 5.41) is 9.91. The lowest BCUT2D eigenvalue weighted by molar-refractivity contribution is -0.154. The van der Waals surface area contributed by atoms with Crippen molar-refractivity contribution in [2.45, 2.75) is 50.8 Å². The molecule has 3 aromatic rings. The fourth-order valence-electron chi connectivity index (χ4n) is 5.01. The lowest BCUT2D eigenvalue weighted by Gasteiger charge is -2.49. The van der Waals surface area contributed by atoms with Crippen LogP contribution in [0.1, 0.15) is 50.8 Å². The average molecular weight is 766 g/mol. The molecule has 19 heteroatoms. The maximum absolute atomic E-state index is 14.1. The van der Waals surface area contributed by atoms with Crippen LogP contribution in [0.5, 0.6) is 0 Å². The number of carbonyl (C=O) groups excluding carboxylic acids is 6. The van der Waals surface area contributed by atoms with E-state index in [1.165, 1.54) is 30.6 Å². The van der Waals surface area contributed by atoms with Gasteiger partial charge in [0.25, 0.3) is 11.8 Å². The van der Waals surface area contributed by atoms with Crippen molar-refractivity contribution in [3.63, 3.8) is 0 Å². The van der Waals surface area contributed by atoms with Crippen LogP contribution in [0.15, 0.2) is 77.1 Å². The van der Waals surface area contributed by atoms with Crippen molar-refractivity contribution < 1.29 is 47.8 Å². The quantitative estimate of drug-likeness (QED) is 0.0637. The number of benzene rings is 2. The van der Waals surface area contributed by atoms with Gasteiger partial charge in [0.05, 0.1) is 0 Å². The van der Waals surface area contributed by atoms with Gasteiger partial charge < -0.3 is 24.8 Å². The highest BCUT2D eigenvalue weighted by molar-refractivity contribution is 8.00. The molecule has 4 amide bonds. The summed E-state index contributed by atoms with van der Waals surface area (Å²) in [6, 6.07) is 16.9. The standard InChI is InChI=1S/C34H35N7O10S2/c1-18(42)48-16-21-17-52-29-23(28(44)41(29)24(21)30(45)49-25(19-12-8-6-9-13-19)20-14-10-7-11-15-20)36-27(43)22(39-51-32(46)35-5)26-37-31(53-40-26)38-33(47)50-34(2,3)4/h6-15,23,25,29H,16-17H2,1-5H3,(H,35,46)(H,36,43)(H,37,38,40,47)/b39-22-/t23-,29-/m1/s1. The van der Waals surface area contributed by atoms with Crippen molar-refractivity contribution in [1.82, 2.24) is 24.9 Å². The second kappa shape index (κ2) is 16.7. The van der Waals surface area contributed by atoms with Crippen LogP contribution in [0.2, 0.25) is 0 Å². The van der Waals surface area contributed by atoms with E-state index in [0.29, 0.717) is 28.2 Å². The van der Waals surface area contributed by atoms with E-state index in [2.05, 4.69) is 30.5 Å². The molecule has 53 heavy (non-hydrogen) atoms. The summed E-state index contributed by atoms with van der Waals surface area (Å²) in [5.74, 6) is -3.29. The minimum absolute atomic E-state index is 0.0543. The van der Waals surface area contributed by atoms with Crippen molar-refractivity contribution in [3.8, 4) is 0 Å². The Morgan fingerprint density at radius 3 is 2.23 bits per heavy atom. The number of β-lactam (4-membered cyclic amide) rings is 1. The van der Waals surface area contributed by atoms with Crippen LogP contribution >= 0.6 is 23.3 Å². The Bertz CT molecular complexity index is 1910. The van der Waals surface area contributed by atoms with E-state index in [1.807, 2.05) is 12.1 Å². The number of nitrogens with zero attached hydrogens (tertiary/aromatic N) is 4. The Labute approximate surface area is 311 Å². The maximum atomic E-state index is 14.1. The third-order valence-electron chi connectivity index (χ3n) is 7.29. The van der Waals surface area contributed by atoms with Gasteiger partial charge in [-0.3, -0.25) is 29.4 Å². The zero-order valence-corrected chi connectivity index (χ0v) is 30.7. The molecule has 0 bridgehead atoms. The lowest BCUT2D eigenvalue weighted by atomic mass is 10.0. The number of thioether (sulfide) groups is 1. The number of rotatable bonds is 11. The number of amides is 4. The molecule has 17 nitrogen and oxygen atoms in total. The highest BCUT2D eigenvalue weighted by atomic mass is 32.2. The largest absolute Gasteiger partial charge is 0.461 e. The van der Waals surface area contributed by atoms with Crippen molar-refractivity contribution >= 4 is 70.1 Å². The summed E-state index contributed by atoms with van der Waals surface area (Å²) in [6.07, 6.45) is -2.68. The maximum Gasteiger partial charge on any atom is 0.433 e. The Hall–Kier alpha value is -5.82. The third-order valence-corrected chi connectivity index (χ3v) is 9.26. The van der Waals surface area contributed by atoms with E-state index >= 15 is 0 Å². The SMILES string of the molecule is CNC(=O)O/N=C(\C(=O)N[C@@H]1C(=O)N2C(C(=O)OC(c3ccccc3)c3ccccc3)=C(COC(C)=O)CS[C@H]12)c1nsc(NC(=O)OC(C)(C)C)n1. The van der Waals surface area contributed by atoms with Crippen LogP contribution in [-0.4, -0.2) is 92.3 Å². The highest BCUT2D eigenvalue weighted by Gasteiger charge is 2.55. The third kappa shape index (κ3) is 9.54. The molecule has 1 saturated heterocycles. The summed E-state index contributed by atoms with van der Waals surface area (Å²) in [5.41, 5.74) is 0.197. The Balaban J connectivity index is 1.39. The van der Waals surface area contributed by atoms with Gasteiger partial charge in [-0.1, -0.05) is 65.8 Å². The summed E-state index contributed by atoms with van der Waals surface area (Å²) in [6.45, 7) is 5.96. The van der Waals surface area contributed by atoms with Gasteiger partial charge in [0.15, 0.2) is 6.10 Å². The summed E-state index contributed by atoms with van der Waals surface area (Å²) < 4.78 is 20.6. The number of ether oxygens (including phenoxy) is 3.